The number of nitrogens with zero attached hydrogens (tertiary/aromatic N) is 4. The Balaban J connectivity index is 0.00000314. The largest absolute Gasteiger partial charge is 0.487 e. The van der Waals surface area contributed by atoms with Crippen molar-refractivity contribution < 1.29 is 18.7 Å². The predicted octanol–water partition coefficient (Wildman–Crippen LogP) is 8.97. The molecule has 1 aromatic heterocycles. The number of benzene rings is 4. The Labute approximate surface area is 326 Å². The molecule has 274 valence electrons. The van der Waals surface area contributed by atoms with E-state index in [0.717, 1.165) is 49.4 Å². The number of carbonyl (C=O) groups excluding carboxylic acids is 1. The second-order valence-electron chi connectivity index (χ2n) is 12.2. The van der Waals surface area contributed by atoms with Crippen LogP contribution in [0.25, 0.3) is 6.08 Å². The number of nitriles is 1. The van der Waals surface area contributed by atoms with E-state index in [1.54, 1.807) is 66.9 Å². The first kappa shape index (κ1) is 40.7. The average molecular weight is 775 g/mol. The Kier molecular flexibility index (Phi) is 15.5. The number of carbonyl (C=O) groups is 1. The summed E-state index contributed by atoms with van der Waals surface area (Å²) in [7, 11) is 0. The quantitative estimate of drug-likeness (QED) is 0.120. The highest BCUT2D eigenvalue weighted by Gasteiger charge is 2.19. The van der Waals surface area contributed by atoms with Crippen LogP contribution in [0.4, 0.5) is 10.1 Å². The molecule has 1 amide bonds. The maximum Gasteiger partial charge on any atom is 0.246 e. The van der Waals surface area contributed by atoms with Crippen LogP contribution < -0.4 is 14.8 Å². The van der Waals surface area contributed by atoms with Crippen molar-refractivity contribution in [2.75, 3.05) is 38.0 Å². The fraction of sp³-hybridized carbons (Fsp3) is 0.195. The first-order valence-corrected chi connectivity index (χ1v) is 17.1. The third kappa shape index (κ3) is 12.2. The Morgan fingerprint density at radius 1 is 0.887 bits per heavy atom. The van der Waals surface area contributed by atoms with Crippen LogP contribution in [-0.2, 0) is 24.4 Å². The number of piperazine rings is 1. The Morgan fingerprint density at radius 3 is 2.25 bits per heavy atom. The Hall–Kier alpha value is -5.11. The average Bonchev–Trinajstić information content (AvgIpc) is 3.16. The smallest absolute Gasteiger partial charge is 0.246 e. The van der Waals surface area contributed by atoms with Gasteiger partial charge in [0.1, 0.15) is 23.9 Å². The lowest BCUT2D eigenvalue weighted by Crippen LogP contribution is -2.47. The zero-order valence-electron chi connectivity index (χ0n) is 28.8. The molecule has 0 spiro atoms. The van der Waals surface area contributed by atoms with E-state index in [-0.39, 0.29) is 36.5 Å². The molecule has 12 heteroatoms. The van der Waals surface area contributed by atoms with Gasteiger partial charge in [-0.3, -0.25) is 9.69 Å². The molecule has 53 heavy (non-hydrogen) atoms. The van der Waals surface area contributed by atoms with Crippen molar-refractivity contribution in [3.63, 3.8) is 0 Å². The number of nitrogens with one attached hydrogen (secondary N) is 1. The molecule has 1 N–H and O–H groups in total. The van der Waals surface area contributed by atoms with Crippen molar-refractivity contribution in [1.29, 1.82) is 5.26 Å². The molecule has 4 aromatic carbocycles. The lowest BCUT2D eigenvalue weighted by Gasteiger charge is -2.34. The highest BCUT2D eigenvalue weighted by Crippen LogP contribution is 2.30. The lowest BCUT2D eigenvalue weighted by atomic mass is 10.1. The van der Waals surface area contributed by atoms with Gasteiger partial charge in [-0.05, 0) is 89.3 Å². The maximum atomic E-state index is 13.1. The van der Waals surface area contributed by atoms with E-state index in [1.165, 1.54) is 23.3 Å². The second-order valence-corrected chi connectivity index (χ2v) is 12.6. The van der Waals surface area contributed by atoms with Gasteiger partial charge in [-0.25, -0.2) is 9.37 Å². The maximum absolute atomic E-state index is 13.1. The molecule has 8 nitrogen and oxygen atoms in total. The standard InChI is InChI=1S/C41H37ClFN5O3.2ClH/c42-38-25-31(9-16-39(38)51-40-17-15-37(27-46-40)50-29-34-7-3-32(26-44)4-8-34)10-18-41(49)48-23-21-47(22-24-48)28-33-5-1-30(2-6-33)19-20-45-36-13-11-35(43)12-14-36;;/h1-18,25,27,45H,19-24,28-29H2;2*1H. The summed E-state index contributed by atoms with van der Waals surface area (Å²) in [6, 6.07) is 33.2. The first-order chi connectivity index (χ1) is 24.9. The number of pyridine rings is 1. The molecule has 1 aliphatic heterocycles. The summed E-state index contributed by atoms with van der Waals surface area (Å²) in [5.74, 6) is 1.13. The third-order valence-electron chi connectivity index (χ3n) is 8.49. The van der Waals surface area contributed by atoms with Crippen molar-refractivity contribution >= 4 is 54.1 Å². The number of ether oxygens (including phenoxy) is 2. The van der Waals surface area contributed by atoms with Gasteiger partial charge in [-0.1, -0.05) is 54.1 Å². The van der Waals surface area contributed by atoms with Crippen LogP contribution in [0.5, 0.6) is 17.4 Å². The van der Waals surface area contributed by atoms with Gasteiger partial charge >= 0.3 is 0 Å². The molecule has 0 atom stereocenters. The molecule has 1 saturated heterocycles. The number of halogens is 4. The van der Waals surface area contributed by atoms with Gasteiger partial charge in [-0.15, -0.1) is 24.8 Å². The minimum absolute atomic E-state index is 0. The van der Waals surface area contributed by atoms with Crippen molar-refractivity contribution in [2.24, 2.45) is 0 Å². The van der Waals surface area contributed by atoms with Gasteiger partial charge in [0, 0.05) is 57.1 Å². The molecular weight excluding hydrogens is 736 g/mol. The van der Waals surface area contributed by atoms with Crippen LogP contribution in [0.3, 0.4) is 0 Å². The van der Waals surface area contributed by atoms with E-state index in [4.69, 9.17) is 26.3 Å². The summed E-state index contributed by atoms with van der Waals surface area (Å²) < 4.78 is 24.7. The normalized spacial score (nSPS) is 12.7. The number of hydrogen-bond acceptors (Lipinski definition) is 7. The highest BCUT2D eigenvalue weighted by atomic mass is 35.5. The number of aromatic nitrogens is 1. The summed E-state index contributed by atoms with van der Waals surface area (Å²) in [5, 5.41) is 12.7. The van der Waals surface area contributed by atoms with Crippen LogP contribution >= 0.6 is 36.4 Å². The minimum Gasteiger partial charge on any atom is -0.487 e. The molecule has 0 radical (unpaired) electrons. The summed E-state index contributed by atoms with van der Waals surface area (Å²) in [4.78, 5) is 21.5. The van der Waals surface area contributed by atoms with Crippen molar-refractivity contribution in [2.45, 2.75) is 19.6 Å². The van der Waals surface area contributed by atoms with Gasteiger partial charge < -0.3 is 19.7 Å². The van der Waals surface area contributed by atoms with Crippen LogP contribution in [-0.4, -0.2) is 53.4 Å². The fourth-order valence-corrected chi connectivity index (χ4v) is 5.79. The molecule has 0 bridgehead atoms. The molecule has 0 aliphatic carbocycles. The van der Waals surface area contributed by atoms with Gasteiger partial charge in [-0.2, -0.15) is 5.26 Å². The molecule has 1 fully saturated rings. The van der Waals surface area contributed by atoms with Gasteiger partial charge in [0.25, 0.3) is 0 Å². The SMILES string of the molecule is Cl.Cl.N#Cc1ccc(COc2ccc(Oc3ccc(C=CC(=O)N4CCN(Cc5ccc(CCNc6ccc(F)cc6)cc5)CC4)cc3Cl)nc2)cc1. The third-order valence-corrected chi connectivity index (χ3v) is 8.78. The number of amides is 1. The molecule has 2 heterocycles. The van der Waals surface area contributed by atoms with E-state index in [0.29, 0.717) is 47.7 Å². The van der Waals surface area contributed by atoms with Crippen molar-refractivity contribution in [1.82, 2.24) is 14.8 Å². The topological polar surface area (TPSA) is 90.7 Å². The first-order valence-electron chi connectivity index (χ1n) is 16.7. The van der Waals surface area contributed by atoms with Crippen LogP contribution in [0, 0.1) is 17.1 Å². The van der Waals surface area contributed by atoms with Crippen LogP contribution in [0.15, 0.2) is 115 Å². The molecular formula is C41H39Cl3FN5O3. The molecule has 1 aliphatic rings. The monoisotopic (exact) mass is 773 g/mol. The van der Waals surface area contributed by atoms with Crippen molar-refractivity contribution in [3.8, 4) is 23.4 Å². The molecule has 6 rings (SSSR count). The van der Waals surface area contributed by atoms with E-state index in [2.05, 4.69) is 45.5 Å². The summed E-state index contributed by atoms with van der Waals surface area (Å²) in [6.45, 7) is 4.90. The molecule has 0 saturated carbocycles. The molecule has 5 aromatic rings. The van der Waals surface area contributed by atoms with E-state index < -0.39 is 0 Å². The van der Waals surface area contributed by atoms with Crippen LogP contribution in [0.1, 0.15) is 27.8 Å². The molecule has 0 unspecified atom stereocenters. The number of hydrogen-bond donors (Lipinski definition) is 1. The Morgan fingerprint density at radius 2 is 1.58 bits per heavy atom. The summed E-state index contributed by atoms with van der Waals surface area (Å²) in [5.41, 5.74) is 5.73. The highest BCUT2D eigenvalue weighted by molar-refractivity contribution is 6.32. The summed E-state index contributed by atoms with van der Waals surface area (Å²) in [6.07, 6.45) is 5.80. The second kappa shape index (κ2) is 20.2. The van der Waals surface area contributed by atoms with E-state index in [9.17, 15) is 9.18 Å². The van der Waals surface area contributed by atoms with E-state index >= 15 is 0 Å². The van der Waals surface area contributed by atoms with Crippen molar-refractivity contribution in [3.05, 3.63) is 154 Å². The lowest BCUT2D eigenvalue weighted by molar-refractivity contribution is -0.127. The fourth-order valence-electron chi connectivity index (χ4n) is 5.56. The summed E-state index contributed by atoms with van der Waals surface area (Å²) >= 11 is 6.51. The number of rotatable bonds is 13. The van der Waals surface area contributed by atoms with Gasteiger partial charge in [0.15, 0.2) is 0 Å². The zero-order valence-corrected chi connectivity index (χ0v) is 31.2. The minimum atomic E-state index is -0.236. The van der Waals surface area contributed by atoms with E-state index in [1.807, 2.05) is 23.1 Å². The number of anilines is 1. The predicted molar refractivity (Wildman–Crippen MR) is 212 cm³/mol. The Bertz CT molecular complexity index is 1980. The van der Waals surface area contributed by atoms with Gasteiger partial charge in [0.2, 0.25) is 11.8 Å². The van der Waals surface area contributed by atoms with Gasteiger partial charge in [0.05, 0.1) is 22.9 Å². The zero-order chi connectivity index (χ0) is 35.4. The van der Waals surface area contributed by atoms with Crippen LogP contribution in [0.2, 0.25) is 5.02 Å².